The van der Waals surface area contributed by atoms with Crippen molar-refractivity contribution >= 4 is 33.4 Å². The van der Waals surface area contributed by atoms with Gasteiger partial charge in [0.1, 0.15) is 0 Å². The quantitative estimate of drug-likeness (QED) is 0.756. The number of thiazole rings is 1. The molecule has 0 aliphatic carbocycles. The zero-order valence-electron chi connectivity index (χ0n) is 17.1. The smallest absolute Gasteiger partial charge is 0.309 e. The Labute approximate surface area is 175 Å². The highest BCUT2D eigenvalue weighted by Gasteiger charge is 2.32. The minimum Gasteiger partial charge on any atom is -0.466 e. The Bertz CT molecular complexity index is 827. The van der Waals surface area contributed by atoms with Crippen molar-refractivity contribution in [2.24, 2.45) is 5.92 Å². The average Bonchev–Trinajstić information content (AvgIpc) is 3.19. The molecular formula is C22H30N3O3S+. The number of hydrogen-bond acceptors (Lipinski definition) is 5. The van der Waals surface area contributed by atoms with Crippen molar-refractivity contribution in [3.05, 3.63) is 29.3 Å². The Hall–Kier alpha value is -1.99. The van der Waals surface area contributed by atoms with Gasteiger partial charge in [0.25, 0.3) is 5.91 Å². The average molecular weight is 417 g/mol. The van der Waals surface area contributed by atoms with Crippen LogP contribution >= 0.6 is 11.3 Å². The Kier molecular flexibility index (Phi) is 6.45. The number of benzene rings is 1. The predicted molar refractivity (Wildman–Crippen MR) is 113 cm³/mol. The number of rotatable bonds is 5. The number of aromatic nitrogens is 1. The van der Waals surface area contributed by atoms with Gasteiger partial charge >= 0.3 is 5.97 Å². The number of carbonyl (C=O) groups is 2. The molecule has 0 saturated carbocycles. The Morgan fingerprint density at radius 3 is 2.79 bits per heavy atom. The van der Waals surface area contributed by atoms with Crippen LogP contribution in [0.3, 0.4) is 0 Å². The monoisotopic (exact) mass is 416 g/mol. The molecule has 6 nitrogen and oxygen atoms in total. The summed E-state index contributed by atoms with van der Waals surface area (Å²) in [6.45, 7) is 6.17. The molecule has 2 aromatic rings. The third kappa shape index (κ3) is 4.78. The summed E-state index contributed by atoms with van der Waals surface area (Å²) in [5, 5.41) is 1.16. The molecule has 3 heterocycles. The first kappa shape index (κ1) is 20.3. The number of quaternary nitrogens is 1. The van der Waals surface area contributed by atoms with Gasteiger partial charge in [0.15, 0.2) is 6.54 Å². The summed E-state index contributed by atoms with van der Waals surface area (Å²) in [7, 11) is 0. The molecule has 2 saturated heterocycles. The van der Waals surface area contributed by atoms with E-state index in [2.05, 4.69) is 18.2 Å². The van der Waals surface area contributed by atoms with Crippen molar-refractivity contribution in [3.8, 4) is 0 Å². The molecule has 1 aromatic carbocycles. The maximum atomic E-state index is 12.9. The van der Waals surface area contributed by atoms with E-state index >= 15 is 0 Å². The van der Waals surface area contributed by atoms with Crippen molar-refractivity contribution < 1.29 is 19.2 Å². The van der Waals surface area contributed by atoms with Crippen LogP contribution in [0.5, 0.6) is 0 Å². The van der Waals surface area contributed by atoms with Gasteiger partial charge in [0, 0.05) is 31.8 Å². The maximum Gasteiger partial charge on any atom is 0.309 e. The van der Waals surface area contributed by atoms with Crippen LogP contribution in [0.2, 0.25) is 0 Å². The van der Waals surface area contributed by atoms with E-state index in [1.165, 1.54) is 9.60 Å². The highest BCUT2D eigenvalue weighted by molar-refractivity contribution is 7.18. The van der Waals surface area contributed by atoms with E-state index in [9.17, 15) is 9.59 Å². The van der Waals surface area contributed by atoms with E-state index in [4.69, 9.17) is 9.72 Å². The molecule has 156 valence electrons. The lowest BCUT2D eigenvalue weighted by Gasteiger charge is -2.34. The van der Waals surface area contributed by atoms with E-state index in [0.717, 1.165) is 62.4 Å². The molecule has 0 radical (unpaired) electrons. The Balaban J connectivity index is 1.30. The summed E-state index contributed by atoms with van der Waals surface area (Å²) >= 11 is 1.76. The number of piperidine rings is 2. The molecule has 1 atom stereocenters. The van der Waals surface area contributed by atoms with Gasteiger partial charge in [0.05, 0.1) is 40.8 Å². The van der Waals surface area contributed by atoms with Gasteiger partial charge in [-0.05, 0) is 31.9 Å². The molecule has 1 N–H and O–H groups in total. The molecule has 2 aliphatic rings. The van der Waals surface area contributed by atoms with Gasteiger partial charge < -0.3 is 14.5 Å². The highest BCUT2D eigenvalue weighted by atomic mass is 32.1. The zero-order valence-corrected chi connectivity index (χ0v) is 17.9. The van der Waals surface area contributed by atoms with E-state index in [1.807, 2.05) is 17.9 Å². The molecule has 7 heteroatoms. The van der Waals surface area contributed by atoms with Crippen LogP contribution in [-0.2, 0) is 14.3 Å². The van der Waals surface area contributed by atoms with E-state index in [-0.39, 0.29) is 17.8 Å². The highest BCUT2D eigenvalue weighted by Crippen LogP contribution is 2.32. The van der Waals surface area contributed by atoms with Crippen LogP contribution in [0.25, 0.3) is 10.2 Å². The number of nitrogens with one attached hydrogen (secondary N) is 1. The predicted octanol–water partition coefficient (Wildman–Crippen LogP) is 1.86. The molecule has 2 fully saturated rings. The summed E-state index contributed by atoms with van der Waals surface area (Å²) < 4.78 is 6.36. The summed E-state index contributed by atoms with van der Waals surface area (Å²) in [5.74, 6) is 0.509. The lowest BCUT2D eigenvalue weighted by molar-refractivity contribution is -0.898. The van der Waals surface area contributed by atoms with Gasteiger partial charge in [-0.15, -0.1) is 11.3 Å². The van der Waals surface area contributed by atoms with Gasteiger partial charge in [-0.25, -0.2) is 4.98 Å². The Morgan fingerprint density at radius 2 is 2.03 bits per heavy atom. The van der Waals surface area contributed by atoms with Crippen molar-refractivity contribution in [2.45, 2.75) is 38.5 Å². The number of amides is 1. The van der Waals surface area contributed by atoms with Crippen molar-refractivity contribution in [1.29, 1.82) is 0 Å². The lowest BCUT2D eigenvalue weighted by Crippen LogP contribution is -3.14. The molecule has 0 unspecified atom stereocenters. The zero-order chi connectivity index (χ0) is 20.2. The van der Waals surface area contributed by atoms with Crippen molar-refractivity contribution in [3.63, 3.8) is 0 Å². The molecule has 4 rings (SSSR count). The first-order valence-electron chi connectivity index (χ1n) is 10.8. The van der Waals surface area contributed by atoms with Crippen LogP contribution in [-0.4, -0.2) is 61.1 Å². The maximum absolute atomic E-state index is 12.9. The molecule has 0 bridgehead atoms. The summed E-state index contributed by atoms with van der Waals surface area (Å²) in [6, 6.07) is 8.25. The lowest BCUT2D eigenvalue weighted by atomic mass is 9.96. The summed E-state index contributed by atoms with van der Waals surface area (Å²) in [5.41, 5.74) is 1.06. The SMILES string of the molecule is CCOC(=O)C1CC[NH+](CC(=O)N2CCC[C@@H](c3nc4ccccc4s3)C2)CC1. The van der Waals surface area contributed by atoms with E-state index < -0.39 is 0 Å². The fourth-order valence-electron chi connectivity index (χ4n) is 4.49. The number of hydrogen-bond donors (Lipinski definition) is 1. The number of fused-ring (bicyclic) bond motifs is 1. The second kappa shape index (κ2) is 9.22. The van der Waals surface area contributed by atoms with Gasteiger partial charge in [-0.2, -0.15) is 0 Å². The third-order valence-corrected chi connectivity index (χ3v) is 7.35. The largest absolute Gasteiger partial charge is 0.466 e. The number of carbonyl (C=O) groups excluding carboxylic acids is 2. The topological polar surface area (TPSA) is 63.9 Å². The minimum absolute atomic E-state index is 0.00667. The molecule has 1 amide bonds. The molecular weight excluding hydrogens is 386 g/mol. The van der Waals surface area contributed by atoms with Crippen LogP contribution < -0.4 is 4.90 Å². The van der Waals surface area contributed by atoms with Crippen LogP contribution in [0.15, 0.2) is 24.3 Å². The van der Waals surface area contributed by atoms with Gasteiger partial charge in [-0.3, -0.25) is 9.59 Å². The second-order valence-electron chi connectivity index (χ2n) is 8.15. The third-order valence-electron chi connectivity index (χ3n) is 6.15. The fourth-order valence-corrected chi connectivity index (χ4v) is 5.59. The van der Waals surface area contributed by atoms with Crippen LogP contribution in [0, 0.1) is 5.92 Å². The van der Waals surface area contributed by atoms with Crippen LogP contribution in [0.4, 0.5) is 0 Å². The van der Waals surface area contributed by atoms with Crippen molar-refractivity contribution in [2.75, 3.05) is 39.3 Å². The minimum atomic E-state index is -0.0763. The number of nitrogens with zero attached hydrogens (tertiary/aromatic N) is 2. The standard InChI is InChI=1S/C22H29N3O3S/c1-2-28-22(27)16-9-12-24(13-10-16)15-20(26)25-11-5-6-17(14-25)21-23-18-7-3-4-8-19(18)29-21/h3-4,7-8,16-17H,2,5-6,9-15H2,1H3/p+1/t17-/m1/s1. The first-order valence-corrected chi connectivity index (χ1v) is 11.6. The number of likely N-dealkylation sites (tertiary alicyclic amines) is 2. The number of ether oxygens (including phenoxy) is 1. The fraction of sp³-hybridized carbons (Fsp3) is 0.591. The number of esters is 1. The molecule has 1 aromatic heterocycles. The van der Waals surface area contributed by atoms with E-state index in [0.29, 0.717) is 19.1 Å². The second-order valence-corrected chi connectivity index (χ2v) is 9.21. The number of para-hydroxylation sites is 1. The molecule has 29 heavy (non-hydrogen) atoms. The first-order chi connectivity index (χ1) is 14.1. The normalized spacial score (nSPS) is 25.1. The van der Waals surface area contributed by atoms with Gasteiger partial charge in [-0.1, -0.05) is 12.1 Å². The summed E-state index contributed by atoms with van der Waals surface area (Å²) in [4.78, 5) is 33.0. The summed E-state index contributed by atoms with van der Waals surface area (Å²) in [6.07, 6.45) is 3.76. The molecule has 0 spiro atoms. The van der Waals surface area contributed by atoms with Gasteiger partial charge in [0.2, 0.25) is 0 Å². The van der Waals surface area contributed by atoms with Crippen LogP contribution in [0.1, 0.15) is 43.5 Å². The molecule has 2 aliphatic heterocycles. The Morgan fingerprint density at radius 1 is 1.24 bits per heavy atom. The van der Waals surface area contributed by atoms with E-state index in [1.54, 1.807) is 11.3 Å². The van der Waals surface area contributed by atoms with Crippen molar-refractivity contribution in [1.82, 2.24) is 9.88 Å².